The lowest BCUT2D eigenvalue weighted by Gasteiger charge is -2.54. The number of phenolic OH excluding ortho intramolecular Hbond substituents is 1. The van der Waals surface area contributed by atoms with Crippen molar-refractivity contribution >= 4 is 11.9 Å². The number of fused-ring (bicyclic) bond motifs is 5. The third kappa shape index (κ3) is 6.17. The zero-order valence-electron chi connectivity index (χ0n) is 26.7. The van der Waals surface area contributed by atoms with Gasteiger partial charge >= 0.3 is 11.9 Å². The molecular weight excluding hydrogens is 524 g/mol. The number of hydrogen-bond acceptors (Lipinski definition) is 5. The van der Waals surface area contributed by atoms with Gasteiger partial charge in [0.05, 0.1) is 0 Å². The van der Waals surface area contributed by atoms with Crippen LogP contribution in [0.15, 0.2) is 35.9 Å². The van der Waals surface area contributed by atoms with Gasteiger partial charge in [0, 0.05) is 0 Å². The standard InChI is InChI=1S/C37H54O5/c1-24(2)10-8-11-25(3)30-17-18-32-28-16-15-26-22-27(19-21-36(26,4)31(28)13-9-20-37(30,32)5)42-34(39)23-41-35(40)29-12-6-7-14-33(29)38/h6-7,12-14,24-28,30,32,38H,8-11,15-23H2,1-5H3. The Morgan fingerprint density at radius 3 is 2.55 bits per heavy atom. The van der Waals surface area contributed by atoms with E-state index in [0.717, 1.165) is 42.9 Å². The molecule has 1 N–H and O–H groups in total. The van der Waals surface area contributed by atoms with Gasteiger partial charge in [-0.2, -0.15) is 0 Å². The Kier molecular flexibility index (Phi) is 9.45. The Labute approximate surface area is 253 Å². The highest BCUT2D eigenvalue weighted by Gasteiger charge is 2.56. The van der Waals surface area contributed by atoms with Crippen LogP contribution in [-0.2, 0) is 14.3 Å². The summed E-state index contributed by atoms with van der Waals surface area (Å²) in [6.45, 7) is 12.0. The van der Waals surface area contributed by atoms with Crippen LogP contribution in [0, 0.1) is 46.3 Å². The Hall–Kier alpha value is -2.30. The molecule has 3 saturated carbocycles. The third-order valence-corrected chi connectivity index (χ3v) is 12.2. The normalized spacial score (nSPS) is 34.8. The lowest BCUT2D eigenvalue weighted by Crippen LogP contribution is -2.46. The van der Waals surface area contributed by atoms with Crippen molar-refractivity contribution in [2.24, 2.45) is 46.3 Å². The summed E-state index contributed by atoms with van der Waals surface area (Å²) in [7, 11) is 0. The highest BCUT2D eigenvalue weighted by Crippen LogP contribution is 2.65. The van der Waals surface area contributed by atoms with Gasteiger partial charge in [-0.15, -0.1) is 0 Å². The average Bonchev–Trinajstić information content (AvgIpc) is 3.21. The van der Waals surface area contributed by atoms with Gasteiger partial charge in [0.15, 0.2) is 6.61 Å². The molecule has 0 radical (unpaired) electrons. The number of carbonyl (C=O) groups excluding carboxylic acids is 2. The molecule has 1 aromatic rings. The van der Waals surface area contributed by atoms with E-state index in [1.54, 1.807) is 17.7 Å². The molecule has 0 aromatic heterocycles. The van der Waals surface area contributed by atoms with Gasteiger partial charge in [0.1, 0.15) is 17.4 Å². The summed E-state index contributed by atoms with van der Waals surface area (Å²) in [5.74, 6) is 3.11. The second-order valence-electron chi connectivity index (χ2n) is 15.1. The van der Waals surface area contributed by atoms with E-state index < -0.39 is 18.5 Å². The minimum Gasteiger partial charge on any atom is -0.507 e. The minimum atomic E-state index is -0.717. The largest absolute Gasteiger partial charge is 0.507 e. The van der Waals surface area contributed by atoms with Crippen molar-refractivity contribution in [1.29, 1.82) is 0 Å². The highest BCUT2D eigenvalue weighted by molar-refractivity contribution is 5.93. The van der Waals surface area contributed by atoms with Crippen LogP contribution in [-0.4, -0.2) is 29.8 Å². The molecule has 5 heteroatoms. The number of allylic oxidation sites excluding steroid dienone is 2. The first-order valence-electron chi connectivity index (χ1n) is 16.9. The number of benzene rings is 1. The van der Waals surface area contributed by atoms with Gasteiger partial charge in [-0.3, -0.25) is 0 Å². The average molecular weight is 579 g/mol. The number of esters is 2. The van der Waals surface area contributed by atoms with Crippen LogP contribution in [0.2, 0.25) is 0 Å². The number of phenols is 1. The summed E-state index contributed by atoms with van der Waals surface area (Å²) < 4.78 is 11.0. The number of para-hydroxylation sites is 1. The van der Waals surface area contributed by atoms with Gasteiger partial charge in [-0.1, -0.05) is 77.7 Å². The molecule has 8 atom stereocenters. The molecule has 0 amide bonds. The van der Waals surface area contributed by atoms with Gasteiger partial charge in [0.25, 0.3) is 0 Å². The van der Waals surface area contributed by atoms with E-state index in [-0.39, 0.29) is 22.8 Å². The lowest BCUT2D eigenvalue weighted by molar-refractivity contribution is -0.157. The zero-order chi connectivity index (χ0) is 30.1. The molecule has 0 heterocycles. The third-order valence-electron chi connectivity index (χ3n) is 12.2. The summed E-state index contributed by atoms with van der Waals surface area (Å²) in [5, 5.41) is 9.87. The second-order valence-corrected chi connectivity index (χ2v) is 15.1. The molecule has 4 aliphatic carbocycles. The quantitative estimate of drug-likeness (QED) is 0.234. The molecule has 0 aliphatic heterocycles. The van der Waals surface area contributed by atoms with Crippen LogP contribution in [0.4, 0.5) is 0 Å². The SMILES string of the molecule is CC(C)CCCC(C)C1CCC2C3CCC4CC(OC(=O)COC(=O)c5ccccc5O)CCC4(C)C3=CCCC12C. The van der Waals surface area contributed by atoms with Gasteiger partial charge in [0.2, 0.25) is 0 Å². The monoisotopic (exact) mass is 578 g/mol. The van der Waals surface area contributed by atoms with Crippen molar-refractivity contribution in [3.05, 3.63) is 41.5 Å². The van der Waals surface area contributed by atoms with Crippen molar-refractivity contribution in [1.82, 2.24) is 0 Å². The molecule has 5 nitrogen and oxygen atoms in total. The summed E-state index contributed by atoms with van der Waals surface area (Å²) in [6.07, 6.45) is 17.2. The zero-order valence-corrected chi connectivity index (χ0v) is 26.7. The fraction of sp³-hybridized carbons (Fsp3) is 0.730. The molecule has 0 bridgehead atoms. The number of hydrogen-bond donors (Lipinski definition) is 1. The van der Waals surface area contributed by atoms with Gasteiger partial charge < -0.3 is 14.6 Å². The van der Waals surface area contributed by atoms with Crippen LogP contribution in [0.5, 0.6) is 5.75 Å². The Balaban J connectivity index is 1.18. The van der Waals surface area contributed by atoms with Crippen LogP contribution in [0.25, 0.3) is 0 Å². The van der Waals surface area contributed by atoms with E-state index in [1.807, 2.05) is 0 Å². The first-order valence-corrected chi connectivity index (χ1v) is 16.9. The number of rotatable bonds is 9. The molecule has 0 spiro atoms. The molecule has 5 rings (SSSR count). The summed E-state index contributed by atoms with van der Waals surface area (Å²) in [6, 6.07) is 6.18. The summed E-state index contributed by atoms with van der Waals surface area (Å²) >= 11 is 0. The molecule has 42 heavy (non-hydrogen) atoms. The highest BCUT2D eigenvalue weighted by atomic mass is 16.6. The number of aromatic hydroxyl groups is 1. The predicted molar refractivity (Wildman–Crippen MR) is 166 cm³/mol. The van der Waals surface area contributed by atoms with Crippen LogP contribution in [0.1, 0.15) is 122 Å². The minimum absolute atomic E-state index is 0.0532. The van der Waals surface area contributed by atoms with Crippen molar-refractivity contribution in [3.8, 4) is 5.75 Å². The molecule has 4 aliphatic rings. The molecule has 1 aromatic carbocycles. The van der Waals surface area contributed by atoms with Crippen molar-refractivity contribution in [2.45, 2.75) is 118 Å². The summed E-state index contributed by atoms with van der Waals surface area (Å²) in [5.41, 5.74) is 2.43. The van der Waals surface area contributed by atoms with Gasteiger partial charge in [-0.05, 0) is 116 Å². The first-order chi connectivity index (χ1) is 20.0. The van der Waals surface area contributed by atoms with E-state index in [4.69, 9.17) is 9.47 Å². The first kappa shape index (κ1) is 31.1. The van der Waals surface area contributed by atoms with Crippen molar-refractivity contribution < 1.29 is 24.2 Å². The molecular formula is C37H54O5. The Bertz CT molecular complexity index is 1150. The lowest BCUT2D eigenvalue weighted by atomic mass is 9.51. The van der Waals surface area contributed by atoms with Gasteiger partial charge in [-0.25, -0.2) is 9.59 Å². The molecule has 3 fully saturated rings. The van der Waals surface area contributed by atoms with E-state index in [1.165, 1.54) is 69.9 Å². The number of carbonyl (C=O) groups is 2. The topological polar surface area (TPSA) is 72.8 Å². The predicted octanol–water partition coefficient (Wildman–Crippen LogP) is 8.89. The molecule has 8 unspecified atom stereocenters. The van der Waals surface area contributed by atoms with Crippen LogP contribution >= 0.6 is 0 Å². The molecule has 0 saturated heterocycles. The Morgan fingerprint density at radius 2 is 1.79 bits per heavy atom. The van der Waals surface area contributed by atoms with E-state index in [0.29, 0.717) is 17.3 Å². The fourth-order valence-corrected chi connectivity index (χ4v) is 9.96. The second kappa shape index (κ2) is 12.7. The fourth-order valence-electron chi connectivity index (χ4n) is 9.96. The van der Waals surface area contributed by atoms with Crippen molar-refractivity contribution in [3.63, 3.8) is 0 Å². The number of ether oxygens (including phenoxy) is 2. The van der Waals surface area contributed by atoms with Crippen LogP contribution in [0.3, 0.4) is 0 Å². The summed E-state index contributed by atoms with van der Waals surface area (Å²) in [4.78, 5) is 24.9. The van der Waals surface area contributed by atoms with E-state index >= 15 is 0 Å². The Morgan fingerprint density at radius 1 is 1.00 bits per heavy atom. The maximum absolute atomic E-state index is 12.6. The van der Waals surface area contributed by atoms with E-state index in [9.17, 15) is 14.7 Å². The van der Waals surface area contributed by atoms with Crippen LogP contribution < -0.4 is 0 Å². The molecule has 232 valence electrons. The van der Waals surface area contributed by atoms with Crippen molar-refractivity contribution in [2.75, 3.05) is 6.61 Å². The maximum atomic E-state index is 12.6. The maximum Gasteiger partial charge on any atom is 0.344 e. The smallest absolute Gasteiger partial charge is 0.344 e. The van der Waals surface area contributed by atoms with E-state index in [2.05, 4.69) is 40.7 Å².